The fourth-order valence-corrected chi connectivity index (χ4v) is 3.32. The number of hydrogen-bond acceptors (Lipinski definition) is 5. The highest BCUT2D eigenvalue weighted by molar-refractivity contribution is 5.34. The van der Waals surface area contributed by atoms with Crippen molar-refractivity contribution in [3.05, 3.63) is 69.8 Å². The molecule has 1 saturated heterocycles. The van der Waals surface area contributed by atoms with Gasteiger partial charge in [0.1, 0.15) is 5.75 Å². The van der Waals surface area contributed by atoms with Crippen molar-refractivity contribution in [2.75, 3.05) is 20.3 Å². The number of rotatable bonds is 8. The Morgan fingerprint density at radius 3 is 2.62 bits per heavy atom. The summed E-state index contributed by atoms with van der Waals surface area (Å²) in [5, 5.41) is 10.8. The van der Waals surface area contributed by atoms with E-state index in [1.54, 1.807) is 19.2 Å². The molecule has 0 spiro atoms. The first-order chi connectivity index (χ1) is 12.7. The van der Waals surface area contributed by atoms with E-state index in [1.165, 1.54) is 0 Å². The zero-order valence-electron chi connectivity index (χ0n) is 15.0. The molecule has 26 heavy (non-hydrogen) atoms. The van der Waals surface area contributed by atoms with Crippen LogP contribution in [0.1, 0.15) is 24.0 Å². The maximum absolute atomic E-state index is 10.8. The molecule has 1 aliphatic heterocycles. The van der Waals surface area contributed by atoms with E-state index < -0.39 is 0 Å². The first kappa shape index (κ1) is 18.4. The molecule has 0 radical (unpaired) electrons. The minimum absolute atomic E-state index is 0.115. The van der Waals surface area contributed by atoms with E-state index in [-0.39, 0.29) is 16.7 Å². The maximum atomic E-state index is 10.8. The first-order valence-corrected chi connectivity index (χ1v) is 8.85. The molecule has 1 heterocycles. The number of non-ortho nitro benzene ring substituents is 1. The summed E-state index contributed by atoms with van der Waals surface area (Å²) < 4.78 is 11.3. The highest BCUT2D eigenvalue weighted by Gasteiger charge is 2.20. The highest BCUT2D eigenvalue weighted by atomic mass is 16.6. The Morgan fingerprint density at radius 1 is 1.19 bits per heavy atom. The normalized spacial score (nSPS) is 16.8. The van der Waals surface area contributed by atoms with E-state index >= 15 is 0 Å². The van der Waals surface area contributed by atoms with Gasteiger partial charge < -0.3 is 9.47 Å². The molecule has 6 heteroatoms. The second kappa shape index (κ2) is 8.78. The van der Waals surface area contributed by atoms with Crippen LogP contribution in [-0.2, 0) is 17.8 Å². The van der Waals surface area contributed by atoms with Crippen molar-refractivity contribution >= 4 is 5.69 Å². The van der Waals surface area contributed by atoms with Crippen LogP contribution in [0, 0.1) is 10.1 Å². The fourth-order valence-electron chi connectivity index (χ4n) is 3.32. The lowest BCUT2D eigenvalue weighted by molar-refractivity contribution is -0.384. The van der Waals surface area contributed by atoms with Gasteiger partial charge in [-0.2, -0.15) is 0 Å². The molecular formula is C20H24N2O4. The summed E-state index contributed by atoms with van der Waals surface area (Å²) in [6.07, 6.45) is 2.41. The molecule has 0 saturated carbocycles. The molecule has 0 aliphatic carbocycles. The molecule has 1 atom stereocenters. The van der Waals surface area contributed by atoms with Crippen LogP contribution in [0.2, 0.25) is 0 Å². The van der Waals surface area contributed by atoms with Gasteiger partial charge in [0.25, 0.3) is 5.69 Å². The molecule has 3 rings (SSSR count). The summed E-state index contributed by atoms with van der Waals surface area (Å²) >= 11 is 0. The van der Waals surface area contributed by atoms with Crippen LogP contribution in [0.4, 0.5) is 5.69 Å². The Labute approximate surface area is 153 Å². The van der Waals surface area contributed by atoms with Crippen LogP contribution in [-0.4, -0.2) is 36.2 Å². The Bertz CT molecular complexity index is 727. The quantitative estimate of drug-likeness (QED) is 0.532. The van der Waals surface area contributed by atoms with Crippen molar-refractivity contribution in [1.82, 2.24) is 4.90 Å². The number of benzene rings is 2. The molecule has 0 bridgehead atoms. The molecule has 0 aromatic heterocycles. The van der Waals surface area contributed by atoms with Crippen LogP contribution in [0.15, 0.2) is 48.5 Å². The lowest BCUT2D eigenvalue weighted by Gasteiger charge is -2.26. The standard InChI is InChI=1S/C20H24N2O4/c1-25-20-7-3-2-5-17(20)14-21(15-19-6-4-12-26-19)13-16-8-10-18(11-9-16)22(23)24/h2-3,5,7-11,19H,4,6,12-15H2,1H3. The number of nitro benzene ring substituents is 1. The van der Waals surface area contributed by atoms with E-state index in [2.05, 4.69) is 11.0 Å². The number of para-hydroxylation sites is 1. The zero-order chi connectivity index (χ0) is 18.4. The average Bonchev–Trinajstić information content (AvgIpc) is 3.15. The van der Waals surface area contributed by atoms with Gasteiger partial charge in [-0.25, -0.2) is 0 Å². The average molecular weight is 356 g/mol. The van der Waals surface area contributed by atoms with Crippen molar-refractivity contribution < 1.29 is 14.4 Å². The van der Waals surface area contributed by atoms with Gasteiger partial charge in [0, 0.05) is 43.9 Å². The summed E-state index contributed by atoms with van der Waals surface area (Å²) in [5.74, 6) is 0.869. The zero-order valence-corrected chi connectivity index (χ0v) is 15.0. The lowest BCUT2D eigenvalue weighted by Crippen LogP contribution is -2.31. The van der Waals surface area contributed by atoms with Crippen LogP contribution < -0.4 is 4.74 Å². The summed E-state index contributed by atoms with van der Waals surface area (Å²) in [6, 6.07) is 14.8. The Hall–Kier alpha value is -2.44. The van der Waals surface area contributed by atoms with Gasteiger partial charge in [-0.15, -0.1) is 0 Å². The minimum atomic E-state index is -0.372. The topological polar surface area (TPSA) is 64.8 Å². The third-order valence-corrected chi connectivity index (χ3v) is 4.63. The van der Waals surface area contributed by atoms with Crippen molar-refractivity contribution in [2.45, 2.75) is 32.0 Å². The van der Waals surface area contributed by atoms with Crippen LogP contribution in [0.3, 0.4) is 0 Å². The second-order valence-electron chi connectivity index (χ2n) is 6.54. The summed E-state index contributed by atoms with van der Waals surface area (Å²) in [7, 11) is 1.68. The summed E-state index contributed by atoms with van der Waals surface area (Å²) in [4.78, 5) is 12.8. The van der Waals surface area contributed by atoms with Crippen molar-refractivity contribution in [3.8, 4) is 5.75 Å². The van der Waals surface area contributed by atoms with Crippen molar-refractivity contribution in [2.24, 2.45) is 0 Å². The predicted octanol–water partition coefficient (Wildman–Crippen LogP) is 3.78. The van der Waals surface area contributed by atoms with Gasteiger partial charge in [-0.3, -0.25) is 15.0 Å². The van der Waals surface area contributed by atoms with Crippen LogP contribution >= 0.6 is 0 Å². The largest absolute Gasteiger partial charge is 0.496 e. The number of methoxy groups -OCH3 is 1. The fraction of sp³-hybridized carbons (Fsp3) is 0.400. The van der Waals surface area contributed by atoms with Crippen LogP contribution in [0.5, 0.6) is 5.75 Å². The molecule has 1 aliphatic rings. The predicted molar refractivity (Wildman–Crippen MR) is 99.2 cm³/mol. The summed E-state index contributed by atoms with van der Waals surface area (Å²) in [6.45, 7) is 3.09. The molecular weight excluding hydrogens is 332 g/mol. The Kier molecular flexibility index (Phi) is 6.20. The molecule has 2 aromatic rings. The molecule has 6 nitrogen and oxygen atoms in total. The first-order valence-electron chi connectivity index (χ1n) is 8.85. The van der Waals surface area contributed by atoms with Gasteiger partial charge in [-0.05, 0) is 24.5 Å². The van der Waals surface area contributed by atoms with E-state index in [9.17, 15) is 10.1 Å². The summed E-state index contributed by atoms with van der Waals surface area (Å²) in [5.41, 5.74) is 2.28. The minimum Gasteiger partial charge on any atom is -0.496 e. The van der Waals surface area contributed by atoms with Gasteiger partial charge >= 0.3 is 0 Å². The molecule has 0 amide bonds. The molecule has 1 fully saturated rings. The van der Waals surface area contributed by atoms with E-state index in [0.29, 0.717) is 6.54 Å². The third kappa shape index (κ3) is 4.80. The third-order valence-electron chi connectivity index (χ3n) is 4.63. The smallest absolute Gasteiger partial charge is 0.269 e. The number of nitro groups is 1. The van der Waals surface area contributed by atoms with E-state index in [1.807, 2.05) is 30.3 Å². The van der Waals surface area contributed by atoms with Gasteiger partial charge in [-0.1, -0.05) is 30.3 Å². The second-order valence-corrected chi connectivity index (χ2v) is 6.54. The number of ether oxygens (including phenoxy) is 2. The van der Waals surface area contributed by atoms with E-state index in [0.717, 1.165) is 49.4 Å². The molecule has 0 N–H and O–H groups in total. The van der Waals surface area contributed by atoms with Gasteiger partial charge in [0.2, 0.25) is 0 Å². The maximum Gasteiger partial charge on any atom is 0.269 e. The van der Waals surface area contributed by atoms with Crippen LogP contribution in [0.25, 0.3) is 0 Å². The Morgan fingerprint density at radius 2 is 1.96 bits per heavy atom. The van der Waals surface area contributed by atoms with Gasteiger partial charge in [0.05, 0.1) is 18.1 Å². The molecule has 2 aromatic carbocycles. The SMILES string of the molecule is COc1ccccc1CN(Cc1ccc([N+](=O)[O-])cc1)CC1CCCO1. The van der Waals surface area contributed by atoms with Gasteiger partial charge in [0.15, 0.2) is 0 Å². The molecule has 1 unspecified atom stereocenters. The number of nitrogens with zero attached hydrogens (tertiary/aromatic N) is 2. The van der Waals surface area contributed by atoms with E-state index in [4.69, 9.17) is 9.47 Å². The number of hydrogen-bond donors (Lipinski definition) is 0. The highest BCUT2D eigenvalue weighted by Crippen LogP contribution is 2.23. The van der Waals surface area contributed by atoms with Crippen molar-refractivity contribution in [3.63, 3.8) is 0 Å². The Balaban J connectivity index is 1.74. The van der Waals surface area contributed by atoms with Crippen molar-refractivity contribution in [1.29, 1.82) is 0 Å². The monoisotopic (exact) mass is 356 g/mol. The molecule has 138 valence electrons. The lowest BCUT2D eigenvalue weighted by atomic mass is 10.1.